The molecule has 0 radical (unpaired) electrons. The molecule has 1 aliphatic rings. The molecular weight excluding hydrogens is 380 g/mol. The largest absolute Gasteiger partial charge is 0.376 e. The number of sulfonamides is 1. The second kappa shape index (κ2) is 8.74. The molecule has 8 nitrogen and oxygen atoms in total. The van der Waals surface area contributed by atoms with E-state index in [-0.39, 0.29) is 16.9 Å². The summed E-state index contributed by atoms with van der Waals surface area (Å²) in [6.45, 7) is 4.82. The molecule has 1 aliphatic heterocycles. The molecule has 0 bridgehead atoms. The van der Waals surface area contributed by atoms with Crippen LogP contribution in [0, 0.1) is 6.92 Å². The van der Waals surface area contributed by atoms with Crippen molar-refractivity contribution in [1.82, 2.24) is 9.78 Å². The number of aromatic nitrogens is 2. The zero-order chi connectivity index (χ0) is 20.1. The molecule has 1 fully saturated rings. The molecular formula is C19H26N4O4S. The molecule has 1 unspecified atom stereocenters. The Bertz CT molecular complexity index is 933. The van der Waals surface area contributed by atoms with Crippen molar-refractivity contribution in [2.45, 2.75) is 57.1 Å². The average Bonchev–Trinajstić information content (AvgIpc) is 3.08. The lowest BCUT2D eigenvalue weighted by Crippen LogP contribution is -2.24. The molecule has 0 spiro atoms. The van der Waals surface area contributed by atoms with Crippen LogP contribution >= 0.6 is 0 Å². The van der Waals surface area contributed by atoms with E-state index >= 15 is 0 Å². The van der Waals surface area contributed by atoms with Crippen molar-refractivity contribution in [3.8, 4) is 0 Å². The van der Waals surface area contributed by atoms with Gasteiger partial charge >= 0.3 is 0 Å². The molecule has 0 aliphatic carbocycles. The summed E-state index contributed by atoms with van der Waals surface area (Å²) in [5.74, 6) is -0.123. The van der Waals surface area contributed by atoms with Gasteiger partial charge in [-0.2, -0.15) is 5.10 Å². The predicted octanol–water partition coefficient (Wildman–Crippen LogP) is 2.91. The fourth-order valence-electron chi connectivity index (χ4n) is 3.16. The van der Waals surface area contributed by atoms with Crippen LogP contribution in [0.4, 0.5) is 11.4 Å². The monoisotopic (exact) mass is 406 g/mol. The highest BCUT2D eigenvalue weighted by Crippen LogP contribution is 2.23. The van der Waals surface area contributed by atoms with E-state index in [4.69, 9.17) is 4.74 Å². The number of ether oxygens (including phenoxy) is 1. The quantitative estimate of drug-likeness (QED) is 0.736. The van der Waals surface area contributed by atoms with Crippen LogP contribution in [0.2, 0.25) is 0 Å². The van der Waals surface area contributed by atoms with Gasteiger partial charge in [-0.1, -0.05) is 6.92 Å². The third kappa shape index (κ3) is 5.11. The highest BCUT2D eigenvalue weighted by molar-refractivity contribution is 7.92. The zero-order valence-electron chi connectivity index (χ0n) is 16.1. The summed E-state index contributed by atoms with van der Waals surface area (Å²) in [5, 5.41) is 6.95. The maximum Gasteiger partial charge on any atom is 0.262 e. The normalized spacial score (nSPS) is 17.3. The van der Waals surface area contributed by atoms with Crippen molar-refractivity contribution in [2.75, 3.05) is 16.6 Å². The third-order valence-electron chi connectivity index (χ3n) is 4.62. The van der Waals surface area contributed by atoms with Gasteiger partial charge in [-0.3, -0.25) is 14.2 Å². The Hall–Kier alpha value is -2.39. The van der Waals surface area contributed by atoms with Crippen LogP contribution in [0.25, 0.3) is 0 Å². The van der Waals surface area contributed by atoms with Crippen molar-refractivity contribution in [2.24, 2.45) is 0 Å². The molecule has 3 rings (SSSR count). The van der Waals surface area contributed by atoms with Crippen molar-refractivity contribution < 1.29 is 17.9 Å². The van der Waals surface area contributed by atoms with Gasteiger partial charge in [0, 0.05) is 24.9 Å². The van der Waals surface area contributed by atoms with Gasteiger partial charge in [-0.15, -0.1) is 0 Å². The summed E-state index contributed by atoms with van der Waals surface area (Å²) in [7, 11) is -3.76. The van der Waals surface area contributed by atoms with Crippen LogP contribution in [-0.4, -0.2) is 36.8 Å². The number of carbonyl (C=O) groups excluding carboxylic acids is 1. The first kappa shape index (κ1) is 20.3. The fourth-order valence-corrected chi connectivity index (χ4v) is 4.42. The Kier molecular flexibility index (Phi) is 6.35. The predicted molar refractivity (Wildman–Crippen MR) is 107 cm³/mol. The van der Waals surface area contributed by atoms with Crippen molar-refractivity contribution in [3.05, 3.63) is 36.2 Å². The van der Waals surface area contributed by atoms with Gasteiger partial charge in [0.25, 0.3) is 10.0 Å². The molecule has 152 valence electrons. The minimum Gasteiger partial charge on any atom is -0.376 e. The summed E-state index contributed by atoms with van der Waals surface area (Å²) >= 11 is 0. The van der Waals surface area contributed by atoms with Crippen LogP contribution in [0.5, 0.6) is 0 Å². The van der Waals surface area contributed by atoms with E-state index in [2.05, 4.69) is 15.1 Å². The number of nitrogens with zero attached hydrogens (tertiary/aromatic N) is 2. The summed E-state index contributed by atoms with van der Waals surface area (Å²) in [6, 6.07) is 4.72. The number of anilines is 2. The topological polar surface area (TPSA) is 102 Å². The van der Waals surface area contributed by atoms with E-state index in [1.807, 2.05) is 0 Å². The zero-order valence-corrected chi connectivity index (χ0v) is 17.0. The first-order chi connectivity index (χ1) is 13.4. The lowest BCUT2D eigenvalue weighted by Gasteiger charge is -2.22. The van der Waals surface area contributed by atoms with Gasteiger partial charge in [-0.25, -0.2) is 8.42 Å². The molecule has 2 aromatic rings. The maximum atomic E-state index is 12.8. The molecule has 1 aromatic heterocycles. The lowest BCUT2D eigenvalue weighted by molar-refractivity contribution is -0.115. The second-order valence-corrected chi connectivity index (χ2v) is 8.58. The first-order valence-electron chi connectivity index (χ1n) is 9.45. The Morgan fingerprint density at radius 1 is 1.32 bits per heavy atom. The number of nitrogens with one attached hydrogen (secondary N) is 2. The molecule has 0 saturated carbocycles. The average molecular weight is 407 g/mol. The van der Waals surface area contributed by atoms with E-state index in [1.165, 1.54) is 12.3 Å². The second-order valence-electron chi connectivity index (χ2n) is 6.93. The van der Waals surface area contributed by atoms with Gasteiger partial charge in [0.05, 0.1) is 29.4 Å². The molecule has 28 heavy (non-hydrogen) atoms. The van der Waals surface area contributed by atoms with Gasteiger partial charge < -0.3 is 10.1 Å². The Labute approximate surface area is 165 Å². The van der Waals surface area contributed by atoms with E-state index in [0.29, 0.717) is 29.9 Å². The van der Waals surface area contributed by atoms with Gasteiger partial charge in [0.1, 0.15) is 0 Å². The highest BCUT2D eigenvalue weighted by Gasteiger charge is 2.19. The molecule has 1 saturated heterocycles. The summed E-state index contributed by atoms with van der Waals surface area (Å²) in [5.41, 5.74) is 1.52. The summed E-state index contributed by atoms with van der Waals surface area (Å²) < 4.78 is 35.5. The minimum atomic E-state index is -3.76. The number of hydrogen-bond donors (Lipinski definition) is 2. The Morgan fingerprint density at radius 2 is 2.14 bits per heavy atom. The molecule has 9 heteroatoms. The van der Waals surface area contributed by atoms with E-state index in [9.17, 15) is 13.2 Å². The molecule has 1 atom stereocenters. The van der Waals surface area contributed by atoms with Gasteiger partial charge in [-0.05, 0) is 49.9 Å². The lowest BCUT2D eigenvalue weighted by atomic mass is 10.1. The van der Waals surface area contributed by atoms with Crippen LogP contribution in [-0.2, 0) is 26.1 Å². The van der Waals surface area contributed by atoms with E-state index in [0.717, 1.165) is 25.9 Å². The van der Waals surface area contributed by atoms with Crippen LogP contribution < -0.4 is 10.0 Å². The number of benzene rings is 1. The number of amides is 1. The number of carbonyl (C=O) groups is 1. The standard InChI is InChI=1S/C19H26N4O4S/c1-3-19(24)21-15-7-8-18(14(2)10-15)28(25,26)22-16-11-20-23(12-16)13-17-6-4-5-9-27-17/h7-8,10-12,17,22H,3-6,9,13H2,1-2H3,(H,21,24). The summed E-state index contributed by atoms with van der Waals surface area (Å²) in [4.78, 5) is 11.7. The van der Waals surface area contributed by atoms with Crippen molar-refractivity contribution in [1.29, 1.82) is 0 Å². The third-order valence-corrected chi connectivity index (χ3v) is 6.16. The minimum absolute atomic E-state index is 0.117. The highest BCUT2D eigenvalue weighted by atomic mass is 32.2. The molecule has 1 aromatic carbocycles. The Balaban J connectivity index is 1.69. The fraction of sp³-hybridized carbons (Fsp3) is 0.474. The number of rotatable bonds is 7. The molecule has 2 N–H and O–H groups in total. The van der Waals surface area contributed by atoms with Crippen LogP contribution in [0.15, 0.2) is 35.5 Å². The van der Waals surface area contributed by atoms with Crippen LogP contribution in [0.3, 0.4) is 0 Å². The SMILES string of the molecule is CCC(=O)Nc1ccc(S(=O)(=O)Nc2cnn(CC3CCCCO3)c2)c(C)c1. The number of hydrogen-bond acceptors (Lipinski definition) is 5. The first-order valence-corrected chi connectivity index (χ1v) is 10.9. The van der Waals surface area contributed by atoms with Crippen LogP contribution in [0.1, 0.15) is 38.2 Å². The molecule has 1 amide bonds. The van der Waals surface area contributed by atoms with Gasteiger partial charge in [0.2, 0.25) is 5.91 Å². The maximum absolute atomic E-state index is 12.8. The van der Waals surface area contributed by atoms with Crippen molar-refractivity contribution in [3.63, 3.8) is 0 Å². The van der Waals surface area contributed by atoms with E-state index < -0.39 is 10.0 Å². The Morgan fingerprint density at radius 3 is 2.82 bits per heavy atom. The van der Waals surface area contributed by atoms with E-state index in [1.54, 1.807) is 36.9 Å². The van der Waals surface area contributed by atoms with Gasteiger partial charge in [0.15, 0.2) is 0 Å². The number of aryl methyl sites for hydroxylation is 1. The molecule has 2 heterocycles. The smallest absolute Gasteiger partial charge is 0.262 e. The summed E-state index contributed by atoms with van der Waals surface area (Å²) in [6.07, 6.45) is 6.84. The van der Waals surface area contributed by atoms with Crippen molar-refractivity contribution >= 4 is 27.3 Å².